The Morgan fingerprint density at radius 1 is 1.44 bits per heavy atom. The molecule has 2 rings (SSSR count). The molecule has 0 atom stereocenters. The van der Waals surface area contributed by atoms with Gasteiger partial charge in [-0.3, -0.25) is 4.79 Å². The minimum atomic E-state index is 0.0144. The molecular weight excluding hydrogens is 206 g/mol. The molecule has 1 aliphatic rings. The molecule has 0 radical (unpaired) electrons. The number of aromatic nitrogens is 1. The zero-order chi connectivity index (χ0) is 11.4. The van der Waals surface area contributed by atoms with Crippen LogP contribution in [0.4, 0.5) is 11.5 Å². The van der Waals surface area contributed by atoms with E-state index in [0.29, 0.717) is 24.7 Å². The van der Waals surface area contributed by atoms with Crippen LogP contribution in [0.25, 0.3) is 0 Å². The normalized spacial score (nSPS) is 17.0. The Morgan fingerprint density at radius 3 is 2.81 bits per heavy atom. The van der Waals surface area contributed by atoms with E-state index in [1.54, 1.807) is 12.1 Å². The van der Waals surface area contributed by atoms with Gasteiger partial charge in [-0.05, 0) is 25.0 Å². The molecule has 0 aromatic carbocycles. The van der Waals surface area contributed by atoms with Crippen molar-refractivity contribution in [1.29, 1.82) is 0 Å². The summed E-state index contributed by atoms with van der Waals surface area (Å²) >= 11 is 0. The van der Waals surface area contributed by atoms with E-state index in [-0.39, 0.29) is 11.8 Å². The largest absolute Gasteiger partial charge is 0.397 e. The van der Waals surface area contributed by atoms with Gasteiger partial charge in [-0.25, -0.2) is 4.98 Å². The van der Waals surface area contributed by atoms with Gasteiger partial charge in [0, 0.05) is 19.1 Å². The van der Waals surface area contributed by atoms with E-state index >= 15 is 0 Å². The lowest BCUT2D eigenvalue weighted by atomic mass is 9.99. The van der Waals surface area contributed by atoms with Crippen LogP contribution >= 0.6 is 0 Å². The van der Waals surface area contributed by atoms with Gasteiger partial charge in [0.2, 0.25) is 5.91 Å². The number of hydrogen-bond acceptors (Lipinski definition) is 4. The molecule has 1 saturated heterocycles. The average molecular weight is 221 g/mol. The Balaban J connectivity index is 1.93. The molecule has 1 aromatic rings. The summed E-state index contributed by atoms with van der Waals surface area (Å²) in [5, 5.41) is 2.78. The van der Waals surface area contributed by atoms with Gasteiger partial charge in [0.25, 0.3) is 0 Å². The van der Waals surface area contributed by atoms with E-state index in [0.717, 1.165) is 12.8 Å². The van der Waals surface area contributed by atoms with Crippen molar-refractivity contribution in [3.05, 3.63) is 18.3 Å². The number of ether oxygens (including phenoxy) is 1. The molecular formula is C11H15N3O2. The van der Waals surface area contributed by atoms with Crippen LogP contribution in [-0.2, 0) is 9.53 Å². The first-order valence-electron chi connectivity index (χ1n) is 5.36. The lowest BCUT2D eigenvalue weighted by Gasteiger charge is -2.20. The van der Waals surface area contributed by atoms with Crippen LogP contribution in [0.15, 0.2) is 18.3 Å². The highest BCUT2D eigenvalue weighted by atomic mass is 16.5. The SMILES string of the molecule is Nc1ccc(NC(=O)C2CCOCC2)nc1. The van der Waals surface area contributed by atoms with Crippen LogP contribution in [0.5, 0.6) is 0 Å². The number of amides is 1. The number of carbonyl (C=O) groups excluding carboxylic acids is 1. The average Bonchev–Trinajstić information content (AvgIpc) is 2.33. The molecule has 86 valence electrons. The van der Waals surface area contributed by atoms with Crippen LogP contribution in [0.1, 0.15) is 12.8 Å². The molecule has 0 bridgehead atoms. The summed E-state index contributed by atoms with van der Waals surface area (Å²) in [5.41, 5.74) is 6.10. The number of nitrogen functional groups attached to an aromatic ring is 1. The third-order valence-electron chi connectivity index (χ3n) is 2.63. The molecule has 1 fully saturated rings. The molecule has 0 saturated carbocycles. The highest BCUT2D eigenvalue weighted by molar-refractivity contribution is 5.91. The van der Waals surface area contributed by atoms with Gasteiger partial charge in [0.15, 0.2) is 0 Å². The quantitative estimate of drug-likeness (QED) is 0.782. The van der Waals surface area contributed by atoms with Gasteiger partial charge < -0.3 is 15.8 Å². The van der Waals surface area contributed by atoms with Crippen molar-refractivity contribution in [3.63, 3.8) is 0 Å². The molecule has 5 heteroatoms. The van der Waals surface area contributed by atoms with E-state index in [4.69, 9.17) is 10.5 Å². The molecule has 5 nitrogen and oxygen atoms in total. The third kappa shape index (κ3) is 2.70. The molecule has 3 N–H and O–H groups in total. The Morgan fingerprint density at radius 2 is 2.19 bits per heavy atom. The van der Waals surface area contributed by atoms with Gasteiger partial charge in [-0.2, -0.15) is 0 Å². The van der Waals surface area contributed by atoms with Crippen molar-refractivity contribution in [1.82, 2.24) is 4.98 Å². The highest BCUT2D eigenvalue weighted by Gasteiger charge is 2.21. The summed E-state index contributed by atoms with van der Waals surface area (Å²) in [4.78, 5) is 15.8. The Bertz CT molecular complexity index is 358. The smallest absolute Gasteiger partial charge is 0.228 e. The second kappa shape index (κ2) is 4.94. The highest BCUT2D eigenvalue weighted by Crippen LogP contribution is 2.16. The maximum absolute atomic E-state index is 11.8. The number of rotatable bonds is 2. The number of hydrogen-bond donors (Lipinski definition) is 2. The number of nitrogens with zero attached hydrogens (tertiary/aromatic N) is 1. The van der Waals surface area contributed by atoms with E-state index in [1.165, 1.54) is 6.20 Å². The van der Waals surface area contributed by atoms with E-state index < -0.39 is 0 Å². The molecule has 0 aliphatic carbocycles. The number of anilines is 2. The van der Waals surface area contributed by atoms with Gasteiger partial charge in [-0.1, -0.05) is 0 Å². The Labute approximate surface area is 94.0 Å². The Hall–Kier alpha value is -1.62. The van der Waals surface area contributed by atoms with Crippen LogP contribution in [0.2, 0.25) is 0 Å². The molecule has 1 aliphatic heterocycles. The first-order valence-corrected chi connectivity index (χ1v) is 5.36. The number of nitrogens with one attached hydrogen (secondary N) is 1. The van der Waals surface area contributed by atoms with Gasteiger partial charge in [-0.15, -0.1) is 0 Å². The maximum Gasteiger partial charge on any atom is 0.228 e. The number of carbonyl (C=O) groups is 1. The zero-order valence-electron chi connectivity index (χ0n) is 8.98. The molecule has 16 heavy (non-hydrogen) atoms. The summed E-state index contributed by atoms with van der Waals surface area (Å²) in [6, 6.07) is 3.42. The van der Waals surface area contributed by atoms with Crippen molar-refractivity contribution in [2.24, 2.45) is 5.92 Å². The number of nitrogens with two attached hydrogens (primary N) is 1. The lowest BCUT2D eigenvalue weighted by molar-refractivity contribution is -0.122. The van der Waals surface area contributed by atoms with Crippen LogP contribution in [0, 0.1) is 5.92 Å². The van der Waals surface area contributed by atoms with Crippen LogP contribution in [-0.4, -0.2) is 24.1 Å². The topological polar surface area (TPSA) is 77.2 Å². The predicted molar refractivity (Wildman–Crippen MR) is 60.8 cm³/mol. The van der Waals surface area contributed by atoms with Gasteiger partial charge in [0.05, 0.1) is 11.9 Å². The monoisotopic (exact) mass is 221 g/mol. The first-order chi connectivity index (χ1) is 7.75. The second-order valence-corrected chi connectivity index (χ2v) is 3.85. The minimum absolute atomic E-state index is 0.0144. The summed E-state index contributed by atoms with van der Waals surface area (Å²) in [5.74, 6) is 0.597. The minimum Gasteiger partial charge on any atom is -0.397 e. The summed E-state index contributed by atoms with van der Waals surface area (Å²) in [7, 11) is 0. The van der Waals surface area contributed by atoms with Crippen molar-refractivity contribution in [3.8, 4) is 0 Å². The van der Waals surface area contributed by atoms with Crippen LogP contribution in [0.3, 0.4) is 0 Å². The van der Waals surface area contributed by atoms with Gasteiger partial charge >= 0.3 is 0 Å². The fourth-order valence-electron chi connectivity index (χ4n) is 1.67. The fourth-order valence-corrected chi connectivity index (χ4v) is 1.67. The Kier molecular flexibility index (Phi) is 3.36. The molecule has 2 heterocycles. The molecule has 1 aromatic heterocycles. The molecule has 0 unspecified atom stereocenters. The predicted octanol–water partition coefficient (Wildman–Crippen LogP) is 1.03. The van der Waals surface area contributed by atoms with Crippen molar-refractivity contribution in [2.75, 3.05) is 24.3 Å². The fraction of sp³-hybridized carbons (Fsp3) is 0.455. The second-order valence-electron chi connectivity index (χ2n) is 3.85. The van der Waals surface area contributed by atoms with Crippen molar-refractivity contribution < 1.29 is 9.53 Å². The van der Waals surface area contributed by atoms with E-state index in [1.807, 2.05) is 0 Å². The lowest BCUT2D eigenvalue weighted by Crippen LogP contribution is -2.28. The van der Waals surface area contributed by atoms with Crippen molar-refractivity contribution >= 4 is 17.4 Å². The summed E-state index contributed by atoms with van der Waals surface area (Å²) in [6.07, 6.45) is 3.08. The zero-order valence-corrected chi connectivity index (χ0v) is 8.98. The van der Waals surface area contributed by atoms with Crippen LogP contribution < -0.4 is 11.1 Å². The summed E-state index contributed by atoms with van der Waals surface area (Å²) in [6.45, 7) is 1.32. The van der Waals surface area contributed by atoms with Crippen molar-refractivity contribution in [2.45, 2.75) is 12.8 Å². The number of pyridine rings is 1. The maximum atomic E-state index is 11.8. The third-order valence-corrected chi connectivity index (χ3v) is 2.63. The first kappa shape index (κ1) is 10.9. The standard InChI is InChI=1S/C11H15N3O2/c12-9-1-2-10(13-7-9)14-11(15)8-3-5-16-6-4-8/h1-2,7-8H,3-6,12H2,(H,13,14,15). The molecule has 0 spiro atoms. The summed E-state index contributed by atoms with van der Waals surface area (Å²) < 4.78 is 5.20. The van der Waals surface area contributed by atoms with E-state index in [2.05, 4.69) is 10.3 Å². The van der Waals surface area contributed by atoms with E-state index in [9.17, 15) is 4.79 Å². The van der Waals surface area contributed by atoms with Gasteiger partial charge in [0.1, 0.15) is 5.82 Å². The molecule has 1 amide bonds.